The lowest BCUT2D eigenvalue weighted by atomic mass is 9.84. The topological polar surface area (TPSA) is 101 Å². The van der Waals surface area contributed by atoms with Crippen LogP contribution >= 0.6 is 0 Å². The molecule has 31 heavy (non-hydrogen) atoms. The molecule has 1 aromatic heterocycles. The maximum atomic E-state index is 12.4. The zero-order valence-corrected chi connectivity index (χ0v) is 19.5. The molecule has 0 aromatic carbocycles. The first-order valence-corrected chi connectivity index (χ1v) is 11.5. The maximum Gasteiger partial charge on any atom is 0.332 e. The van der Waals surface area contributed by atoms with E-state index < -0.39 is 11.6 Å². The fourth-order valence-electron chi connectivity index (χ4n) is 3.95. The van der Waals surface area contributed by atoms with E-state index in [4.69, 9.17) is 18.7 Å². The molecule has 1 fully saturated rings. The zero-order chi connectivity index (χ0) is 22.7. The van der Waals surface area contributed by atoms with Gasteiger partial charge >= 0.3 is 11.9 Å². The van der Waals surface area contributed by atoms with Crippen molar-refractivity contribution < 1.29 is 28.3 Å². The van der Waals surface area contributed by atoms with E-state index in [0.717, 1.165) is 25.2 Å². The minimum atomic E-state index is -0.537. The Bertz CT molecular complexity index is 676. The lowest BCUT2D eigenvalue weighted by Crippen LogP contribution is -2.25. The van der Waals surface area contributed by atoms with Gasteiger partial charge in [0, 0.05) is 5.92 Å². The Morgan fingerprint density at radius 1 is 1.16 bits per heavy atom. The van der Waals surface area contributed by atoms with Crippen LogP contribution in [0.1, 0.15) is 103 Å². The second kappa shape index (κ2) is 12.8. The van der Waals surface area contributed by atoms with Crippen LogP contribution in [0.15, 0.2) is 4.52 Å². The largest absolute Gasteiger partial charge is 0.464 e. The van der Waals surface area contributed by atoms with Crippen molar-refractivity contribution in [1.82, 2.24) is 10.1 Å². The van der Waals surface area contributed by atoms with E-state index in [9.17, 15) is 9.59 Å². The molecule has 1 saturated carbocycles. The smallest absolute Gasteiger partial charge is 0.332 e. The highest BCUT2D eigenvalue weighted by Gasteiger charge is 2.26. The Labute approximate surface area is 185 Å². The van der Waals surface area contributed by atoms with E-state index in [1.54, 1.807) is 6.92 Å². The number of aromatic nitrogens is 2. The first-order chi connectivity index (χ1) is 14.8. The fraction of sp³-hybridized carbons (Fsp3) is 0.826. The molecule has 1 aliphatic rings. The third-order valence-electron chi connectivity index (χ3n) is 5.31. The summed E-state index contributed by atoms with van der Waals surface area (Å²) < 4.78 is 21.0. The van der Waals surface area contributed by atoms with E-state index >= 15 is 0 Å². The molecule has 0 aliphatic heterocycles. The number of carbonyl (C=O) groups is 2. The van der Waals surface area contributed by atoms with Gasteiger partial charge in [-0.3, -0.25) is 4.79 Å². The standard InChI is InChI=1S/C23H38N2O6/c1-5-29-21(27)16-28-15-19-24-22(31-25-19)18(14-20(26)30-23(2,3)4)13-9-12-17-10-7-6-8-11-17/h17-18H,5-16H2,1-4H3/t18-/m1/s1. The van der Waals surface area contributed by atoms with Crippen LogP contribution in [0.5, 0.6) is 0 Å². The van der Waals surface area contributed by atoms with Crippen LogP contribution in [0, 0.1) is 5.92 Å². The summed E-state index contributed by atoms with van der Waals surface area (Å²) in [7, 11) is 0. The van der Waals surface area contributed by atoms with Gasteiger partial charge in [0.2, 0.25) is 5.89 Å². The highest BCUT2D eigenvalue weighted by molar-refractivity contribution is 5.71. The Balaban J connectivity index is 1.92. The Morgan fingerprint density at radius 2 is 1.90 bits per heavy atom. The third kappa shape index (κ3) is 10.3. The quantitative estimate of drug-likeness (QED) is 0.432. The fourth-order valence-corrected chi connectivity index (χ4v) is 3.95. The summed E-state index contributed by atoms with van der Waals surface area (Å²) in [6.45, 7) is 7.49. The number of hydrogen-bond donors (Lipinski definition) is 0. The minimum absolute atomic E-state index is 0.0452. The molecule has 0 bridgehead atoms. The van der Waals surface area contributed by atoms with Gasteiger partial charge in [0.05, 0.1) is 13.0 Å². The number of ether oxygens (including phenoxy) is 3. The minimum Gasteiger partial charge on any atom is -0.464 e. The summed E-state index contributed by atoms with van der Waals surface area (Å²) in [4.78, 5) is 28.2. The SMILES string of the molecule is CCOC(=O)COCc1noc([C@H](CCCC2CCCCC2)CC(=O)OC(C)(C)C)n1. The van der Waals surface area contributed by atoms with Gasteiger partial charge in [-0.25, -0.2) is 4.79 Å². The lowest BCUT2D eigenvalue weighted by Gasteiger charge is -2.23. The molecule has 0 saturated heterocycles. The van der Waals surface area contributed by atoms with Gasteiger partial charge in [-0.1, -0.05) is 50.1 Å². The Morgan fingerprint density at radius 3 is 2.58 bits per heavy atom. The van der Waals surface area contributed by atoms with Gasteiger partial charge in [-0.2, -0.15) is 4.98 Å². The lowest BCUT2D eigenvalue weighted by molar-refractivity contribution is -0.155. The number of nitrogens with zero attached hydrogens (tertiary/aromatic N) is 2. The van der Waals surface area contributed by atoms with E-state index in [-0.39, 0.29) is 31.5 Å². The molecule has 0 radical (unpaired) electrons. The molecule has 176 valence electrons. The van der Waals surface area contributed by atoms with Gasteiger partial charge in [0.15, 0.2) is 5.82 Å². The average molecular weight is 439 g/mol. The second-order valence-electron chi connectivity index (χ2n) is 9.27. The summed E-state index contributed by atoms with van der Waals surface area (Å²) in [6, 6.07) is 0. The van der Waals surface area contributed by atoms with Gasteiger partial charge in [0.1, 0.15) is 18.8 Å². The first kappa shape index (κ1) is 25.3. The van der Waals surface area contributed by atoms with Gasteiger partial charge in [0.25, 0.3) is 0 Å². The molecule has 0 spiro atoms. The average Bonchev–Trinajstić information content (AvgIpc) is 3.16. The highest BCUT2D eigenvalue weighted by atomic mass is 16.6. The summed E-state index contributed by atoms with van der Waals surface area (Å²) in [6.07, 6.45) is 9.77. The third-order valence-corrected chi connectivity index (χ3v) is 5.31. The van der Waals surface area contributed by atoms with Crippen LogP contribution < -0.4 is 0 Å². The van der Waals surface area contributed by atoms with Crippen molar-refractivity contribution >= 4 is 11.9 Å². The maximum absolute atomic E-state index is 12.4. The molecular formula is C23H38N2O6. The van der Waals surface area contributed by atoms with Gasteiger partial charge in [-0.15, -0.1) is 0 Å². The normalized spacial score (nSPS) is 16.1. The summed E-state index contributed by atoms with van der Waals surface area (Å²) >= 11 is 0. The number of esters is 2. The van der Waals surface area contributed by atoms with Crippen LogP contribution in [0.2, 0.25) is 0 Å². The van der Waals surface area contributed by atoms with Crippen LogP contribution in [0.25, 0.3) is 0 Å². The molecule has 8 nitrogen and oxygen atoms in total. The zero-order valence-electron chi connectivity index (χ0n) is 19.5. The highest BCUT2D eigenvalue weighted by Crippen LogP contribution is 2.31. The molecule has 0 N–H and O–H groups in total. The second-order valence-corrected chi connectivity index (χ2v) is 9.27. The molecule has 1 aromatic rings. The molecule has 0 amide bonds. The summed E-state index contributed by atoms with van der Waals surface area (Å²) in [5, 5.41) is 3.94. The van der Waals surface area contributed by atoms with Crippen molar-refractivity contribution in [3.8, 4) is 0 Å². The molecule has 1 aliphatic carbocycles. The molecular weight excluding hydrogens is 400 g/mol. The number of hydrogen-bond acceptors (Lipinski definition) is 8. The van der Waals surface area contributed by atoms with Crippen LogP contribution in [-0.2, 0) is 30.4 Å². The summed E-state index contributed by atoms with van der Waals surface area (Å²) in [5.74, 6) is 0.658. The van der Waals surface area contributed by atoms with Crippen molar-refractivity contribution in [2.45, 2.75) is 104 Å². The monoisotopic (exact) mass is 438 g/mol. The van der Waals surface area contributed by atoms with E-state index in [0.29, 0.717) is 18.3 Å². The predicted octanol–water partition coefficient (Wildman–Crippen LogP) is 4.72. The summed E-state index contributed by atoms with van der Waals surface area (Å²) in [5.41, 5.74) is -0.537. The van der Waals surface area contributed by atoms with E-state index in [1.165, 1.54) is 32.1 Å². The molecule has 1 heterocycles. The molecule has 8 heteroatoms. The first-order valence-electron chi connectivity index (χ1n) is 11.5. The van der Waals surface area contributed by atoms with Crippen LogP contribution in [0.3, 0.4) is 0 Å². The van der Waals surface area contributed by atoms with Crippen molar-refractivity contribution in [3.63, 3.8) is 0 Å². The van der Waals surface area contributed by atoms with Crippen LogP contribution in [-0.4, -0.2) is 40.9 Å². The van der Waals surface area contributed by atoms with E-state index in [1.807, 2.05) is 20.8 Å². The predicted molar refractivity (Wildman–Crippen MR) is 114 cm³/mol. The van der Waals surface area contributed by atoms with Gasteiger partial charge in [-0.05, 0) is 40.0 Å². The number of carbonyl (C=O) groups excluding carboxylic acids is 2. The van der Waals surface area contributed by atoms with Crippen molar-refractivity contribution in [3.05, 3.63) is 11.7 Å². The molecule has 1 atom stereocenters. The van der Waals surface area contributed by atoms with E-state index in [2.05, 4.69) is 10.1 Å². The number of rotatable bonds is 12. The molecule has 0 unspecified atom stereocenters. The van der Waals surface area contributed by atoms with Crippen molar-refractivity contribution in [2.75, 3.05) is 13.2 Å². The Hall–Kier alpha value is -1.96. The van der Waals surface area contributed by atoms with Crippen LogP contribution in [0.4, 0.5) is 0 Å². The van der Waals surface area contributed by atoms with Crippen molar-refractivity contribution in [1.29, 1.82) is 0 Å². The Kier molecular flexibility index (Phi) is 10.4. The van der Waals surface area contributed by atoms with Crippen molar-refractivity contribution in [2.24, 2.45) is 5.92 Å². The molecule has 2 rings (SSSR count). The van der Waals surface area contributed by atoms with Gasteiger partial charge < -0.3 is 18.7 Å².